The molecule has 2 aromatic rings. The minimum Gasteiger partial charge on any atom is -0.481 e. The monoisotopic (exact) mass is 243 g/mol. The maximum absolute atomic E-state index is 11.0. The van der Waals surface area contributed by atoms with Crippen molar-refractivity contribution >= 4 is 16.9 Å². The lowest BCUT2D eigenvalue weighted by molar-refractivity contribution is -0.136. The van der Waals surface area contributed by atoms with E-state index in [1.807, 2.05) is 18.2 Å². The Kier molecular flexibility index (Phi) is 2.82. The van der Waals surface area contributed by atoms with Gasteiger partial charge in [-0.2, -0.15) is 0 Å². The summed E-state index contributed by atoms with van der Waals surface area (Å²) in [5.74, 6) is -0.0268. The van der Waals surface area contributed by atoms with Gasteiger partial charge in [0.1, 0.15) is 0 Å². The fraction of sp³-hybridized carbons (Fsp3) is 0.400. The molecule has 0 atom stereocenters. The molecular weight excluding hydrogens is 226 g/mol. The highest BCUT2D eigenvalue weighted by Crippen LogP contribution is 2.30. The van der Waals surface area contributed by atoms with Crippen LogP contribution in [0, 0.1) is 5.92 Å². The maximum Gasteiger partial charge on any atom is 0.309 e. The highest BCUT2D eigenvalue weighted by atomic mass is 16.4. The van der Waals surface area contributed by atoms with Crippen molar-refractivity contribution in [1.82, 2.24) is 4.57 Å². The summed E-state index contributed by atoms with van der Waals surface area (Å²) in [6.45, 7) is 0.968. The van der Waals surface area contributed by atoms with E-state index in [0.29, 0.717) is 0 Å². The molecule has 3 rings (SSSR count). The molecule has 1 aliphatic rings. The van der Waals surface area contributed by atoms with Gasteiger partial charge in [0.25, 0.3) is 0 Å². The summed E-state index contributed by atoms with van der Waals surface area (Å²) in [6, 6.07) is 10.2. The zero-order valence-corrected chi connectivity index (χ0v) is 10.3. The van der Waals surface area contributed by atoms with Gasteiger partial charge in [-0.25, -0.2) is 0 Å². The Hall–Kier alpha value is -1.77. The van der Waals surface area contributed by atoms with Gasteiger partial charge >= 0.3 is 5.97 Å². The van der Waals surface area contributed by atoms with Crippen LogP contribution in [-0.4, -0.2) is 15.6 Å². The van der Waals surface area contributed by atoms with Crippen molar-refractivity contribution in [3.05, 3.63) is 36.0 Å². The van der Waals surface area contributed by atoms with Crippen LogP contribution < -0.4 is 0 Å². The van der Waals surface area contributed by atoms with E-state index in [9.17, 15) is 4.79 Å². The third-order valence-corrected chi connectivity index (χ3v) is 3.89. The Morgan fingerprint density at radius 3 is 2.78 bits per heavy atom. The van der Waals surface area contributed by atoms with Gasteiger partial charge in [-0.05, 0) is 36.3 Å². The van der Waals surface area contributed by atoms with Gasteiger partial charge in [0, 0.05) is 17.8 Å². The molecule has 0 amide bonds. The fourth-order valence-corrected chi connectivity index (χ4v) is 2.72. The van der Waals surface area contributed by atoms with E-state index in [1.54, 1.807) is 0 Å². The van der Waals surface area contributed by atoms with Crippen LogP contribution in [0.4, 0.5) is 0 Å². The summed E-state index contributed by atoms with van der Waals surface area (Å²) in [4.78, 5) is 11.0. The minimum absolute atomic E-state index is 0.112. The van der Waals surface area contributed by atoms with Crippen LogP contribution >= 0.6 is 0 Å². The number of carbonyl (C=O) groups is 1. The van der Waals surface area contributed by atoms with Gasteiger partial charge in [0.2, 0.25) is 0 Å². The zero-order valence-electron chi connectivity index (χ0n) is 10.3. The molecule has 3 heteroatoms. The molecule has 0 saturated heterocycles. The molecule has 1 aromatic heterocycles. The Bertz CT molecular complexity index is 581. The topological polar surface area (TPSA) is 42.2 Å². The first-order chi connectivity index (χ1) is 8.74. The predicted octanol–water partition coefficient (Wildman–Crippen LogP) is 3.07. The standard InChI is InChI=1S/C15H17NO2/c17-15(18)9-13-8-12-6-1-2-7-14(12)16(13)10-11-4-3-5-11/h1-2,6-8,11H,3-5,9-10H2,(H,17,18). The molecule has 0 bridgehead atoms. The van der Waals surface area contributed by atoms with Crippen molar-refractivity contribution in [2.45, 2.75) is 32.2 Å². The molecule has 0 radical (unpaired) electrons. The highest BCUT2D eigenvalue weighted by Gasteiger charge is 2.20. The number of carboxylic acids is 1. The number of benzene rings is 1. The molecule has 0 aliphatic heterocycles. The number of aliphatic carboxylic acids is 1. The average molecular weight is 243 g/mol. The normalized spacial score (nSPS) is 15.8. The number of aromatic nitrogens is 1. The van der Waals surface area contributed by atoms with Crippen molar-refractivity contribution in [3.8, 4) is 0 Å². The van der Waals surface area contributed by atoms with E-state index in [4.69, 9.17) is 5.11 Å². The van der Waals surface area contributed by atoms with E-state index < -0.39 is 5.97 Å². The summed E-state index contributed by atoms with van der Waals surface area (Å²) in [6.07, 6.45) is 3.98. The first kappa shape index (κ1) is 11.3. The summed E-state index contributed by atoms with van der Waals surface area (Å²) < 4.78 is 2.20. The van der Waals surface area contributed by atoms with Crippen LogP contribution in [-0.2, 0) is 17.8 Å². The first-order valence-electron chi connectivity index (χ1n) is 6.53. The molecule has 1 aliphatic carbocycles. The zero-order chi connectivity index (χ0) is 12.5. The van der Waals surface area contributed by atoms with Crippen molar-refractivity contribution in [1.29, 1.82) is 0 Å². The largest absolute Gasteiger partial charge is 0.481 e. The Balaban J connectivity index is 2.01. The number of rotatable bonds is 4. The molecule has 94 valence electrons. The molecule has 1 fully saturated rings. The number of carboxylic acid groups (broad SMARTS) is 1. The number of hydrogen-bond acceptors (Lipinski definition) is 1. The second kappa shape index (κ2) is 4.48. The molecule has 1 N–H and O–H groups in total. The van der Waals surface area contributed by atoms with Crippen molar-refractivity contribution in [3.63, 3.8) is 0 Å². The third-order valence-electron chi connectivity index (χ3n) is 3.89. The Labute approximate surface area is 106 Å². The number of fused-ring (bicyclic) bond motifs is 1. The lowest BCUT2D eigenvalue weighted by atomic mass is 9.85. The molecule has 3 nitrogen and oxygen atoms in total. The van der Waals surface area contributed by atoms with Gasteiger partial charge in [-0.1, -0.05) is 24.6 Å². The molecule has 0 unspecified atom stereocenters. The van der Waals surface area contributed by atoms with Crippen molar-refractivity contribution in [2.75, 3.05) is 0 Å². The van der Waals surface area contributed by atoms with Gasteiger partial charge < -0.3 is 9.67 Å². The molecule has 0 spiro atoms. The lowest BCUT2D eigenvalue weighted by Crippen LogP contribution is -2.20. The maximum atomic E-state index is 11.0. The van der Waals surface area contributed by atoms with Crippen molar-refractivity contribution in [2.24, 2.45) is 5.92 Å². The van der Waals surface area contributed by atoms with E-state index in [0.717, 1.165) is 23.5 Å². The Morgan fingerprint density at radius 1 is 1.33 bits per heavy atom. The van der Waals surface area contributed by atoms with Crippen LogP contribution in [0.5, 0.6) is 0 Å². The van der Waals surface area contributed by atoms with Crippen LogP contribution in [0.1, 0.15) is 25.0 Å². The predicted molar refractivity (Wildman–Crippen MR) is 70.6 cm³/mol. The molecule has 18 heavy (non-hydrogen) atoms. The summed E-state index contributed by atoms with van der Waals surface area (Å²) in [5, 5.41) is 10.2. The third kappa shape index (κ3) is 2.01. The van der Waals surface area contributed by atoms with Crippen molar-refractivity contribution < 1.29 is 9.90 Å². The number of para-hydroxylation sites is 1. The second-order valence-electron chi connectivity index (χ2n) is 5.17. The second-order valence-corrected chi connectivity index (χ2v) is 5.17. The first-order valence-corrected chi connectivity index (χ1v) is 6.53. The fourth-order valence-electron chi connectivity index (χ4n) is 2.72. The molecular formula is C15H17NO2. The van der Waals surface area contributed by atoms with Gasteiger partial charge in [0.05, 0.1) is 6.42 Å². The summed E-state index contributed by atoms with van der Waals surface area (Å²) >= 11 is 0. The van der Waals surface area contributed by atoms with Crippen LogP contribution in [0.2, 0.25) is 0 Å². The summed E-state index contributed by atoms with van der Waals surface area (Å²) in [7, 11) is 0. The molecule has 1 saturated carbocycles. The lowest BCUT2D eigenvalue weighted by Gasteiger charge is -2.27. The minimum atomic E-state index is -0.757. The quantitative estimate of drug-likeness (QED) is 0.896. The van der Waals surface area contributed by atoms with E-state index in [-0.39, 0.29) is 6.42 Å². The van der Waals surface area contributed by atoms with E-state index >= 15 is 0 Å². The van der Waals surface area contributed by atoms with E-state index in [2.05, 4.69) is 16.7 Å². The summed E-state index contributed by atoms with van der Waals surface area (Å²) in [5.41, 5.74) is 2.09. The average Bonchev–Trinajstić information content (AvgIpc) is 2.60. The van der Waals surface area contributed by atoms with Gasteiger partial charge in [-0.3, -0.25) is 4.79 Å². The van der Waals surface area contributed by atoms with Gasteiger partial charge in [0.15, 0.2) is 0 Å². The van der Waals surface area contributed by atoms with Crippen LogP contribution in [0.25, 0.3) is 10.9 Å². The highest BCUT2D eigenvalue weighted by molar-refractivity contribution is 5.83. The van der Waals surface area contributed by atoms with Crippen LogP contribution in [0.3, 0.4) is 0 Å². The number of hydrogen-bond donors (Lipinski definition) is 1. The molecule has 1 heterocycles. The molecule has 1 aromatic carbocycles. The SMILES string of the molecule is O=C(O)Cc1cc2ccccc2n1CC1CCC1. The Morgan fingerprint density at radius 2 is 2.11 bits per heavy atom. The van der Waals surface area contributed by atoms with Gasteiger partial charge in [-0.15, -0.1) is 0 Å². The van der Waals surface area contributed by atoms with E-state index in [1.165, 1.54) is 24.8 Å². The van der Waals surface area contributed by atoms with Crippen LogP contribution in [0.15, 0.2) is 30.3 Å². The number of nitrogens with zero attached hydrogens (tertiary/aromatic N) is 1. The smallest absolute Gasteiger partial charge is 0.309 e.